The Morgan fingerprint density at radius 3 is 3.00 bits per heavy atom. The molecule has 0 spiro atoms. The van der Waals surface area contributed by atoms with Gasteiger partial charge in [-0.25, -0.2) is 0 Å². The summed E-state index contributed by atoms with van der Waals surface area (Å²) >= 11 is 0. The molecule has 1 aromatic heterocycles. The van der Waals surface area contributed by atoms with Crippen LogP contribution >= 0.6 is 0 Å². The number of likely N-dealkylation sites (N-methyl/N-ethyl adjacent to an activating group) is 1. The van der Waals surface area contributed by atoms with Gasteiger partial charge in [-0.1, -0.05) is 18.2 Å². The maximum atomic E-state index is 3.36. The van der Waals surface area contributed by atoms with Crippen LogP contribution in [0.2, 0.25) is 0 Å². The van der Waals surface area contributed by atoms with Crippen molar-refractivity contribution < 1.29 is 0 Å². The van der Waals surface area contributed by atoms with Crippen LogP contribution in [0.1, 0.15) is 17.9 Å². The molecule has 1 atom stereocenters. The van der Waals surface area contributed by atoms with Crippen LogP contribution in [0, 0.1) is 0 Å². The first kappa shape index (κ1) is 8.98. The normalized spacial score (nSPS) is 22.6. The van der Waals surface area contributed by atoms with E-state index in [0.717, 1.165) is 0 Å². The van der Waals surface area contributed by atoms with Gasteiger partial charge in [0.2, 0.25) is 0 Å². The highest BCUT2D eigenvalue weighted by atomic mass is 15.1. The summed E-state index contributed by atoms with van der Waals surface area (Å²) < 4.78 is 0. The zero-order valence-electron chi connectivity index (χ0n) is 9.03. The lowest BCUT2D eigenvalue weighted by atomic mass is 9.98. The minimum Gasteiger partial charge on any atom is -0.361 e. The molecule has 1 aromatic carbocycles. The van der Waals surface area contributed by atoms with E-state index in [-0.39, 0.29) is 0 Å². The molecule has 1 aliphatic heterocycles. The number of nitrogens with one attached hydrogen (secondary N) is 1. The number of hydrogen-bond donors (Lipinski definition) is 1. The maximum absolute atomic E-state index is 3.36. The van der Waals surface area contributed by atoms with E-state index < -0.39 is 0 Å². The molecule has 0 unspecified atom stereocenters. The van der Waals surface area contributed by atoms with Gasteiger partial charge in [-0.15, -0.1) is 0 Å². The number of aromatic nitrogens is 1. The molecule has 1 N–H and O–H groups in total. The van der Waals surface area contributed by atoms with Crippen LogP contribution in [0.5, 0.6) is 0 Å². The Balaban J connectivity index is 2.04. The summed E-state index contributed by atoms with van der Waals surface area (Å²) in [7, 11) is 2.20. The Morgan fingerprint density at radius 2 is 2.20 bits per heavy atom. The van der Waals surface area contributed by atoms with Crippen molar-refractivity contribution in [2.24, 2.45) is 0 Å². The lowest BCUT2D eigenvalue weighted by molar-refractivity contribution is 0.412. The number of H-pyrrole nitrogens is 1. The Hall–Kier alpha value is -1.28. The van der Waals surface area contributed by atoms with Crippen molar-refractivity contribution in [1.82, 2.24) is 9.88 Å². The molecular weight excluding hydrogens is 184 g/mol. The smallest absolute Gasteiger partial charge is 0.0456 e. The van der Waals surface area contributed by atoms with Crippen molar-refractivity contribution in [3.8, 4) is 0 Å². The molecule has 15 heavy (non-hydrogen) atoms. The number of likely N-dealkylation sites (tertiary alicyclic amines) is 1. The molecule has 2 aromatic rings. The third-order valence-corrected chi connectivity index (χ3v) is 3.45. The van der Waals surface area contributed by atoms with E-state index in [1.165, 1.54) is 36.0 Å². The predicted molar refractivity (Wildman–Crippen MR) is 63.2 cm³/mol. The van der Waals surface area contributed by atoms with Crippen LogP contribution in [-0.4, -0.2) is 30.0 Å². The van der Waals surface area contributed by atoms with Crippen LogP contribution in [0.15, 0.2) is 30.5 Å². The Bertz CT molecular complexity index is 472. The van der Waals surface area contributed by atoms with Gasteiger partial charge in [-0.05, 0) is 37.6 Å². The van der Waals surface area contributed by atoms with Crippen LogP contribution in [0.25, 0.3) is 10.9 Å². The Kier molecular flexibility index (Phi) is 2.03. The van der Waals surface area contributed by atoms with E-state index >= 15 is 0 Å². The molecule has 2 heteroatoms. The zero-order chi connectivity index (χ0) is 10.3. The van der Waals surface area contributed by atoms with Crippen LogP contribution in [-0.2, 0) is 0 Å². The van der Waals surface area contributed by atoms with Gasteiger partial charge < -0.3 is 9.88 Å². The van der Waals surface area contributed by atoms with Gasteiger partial charge >= 0.3 is 0 Å². The third kappa shape index (κ3) is 1.45. The van der Waals surface area contributed by atoms with E-state index in [1.54, 1.807) is 0 Å². The SMILES string of the molecule is CN1CC[C@H](c2c[nH]c3ccccc23)C1. The summed E-state index contributed by atoms with van der Waals surface area (Å²) in [4.78, 5) is 5.77. The maximum Gasteiger partial charge on any atom is 0.0456 e. The van der Waals surface area contributed by atoms with E-state index in [9.17, 15) is 0 Å². The van der Waals surface area contributed by atoms with Crippen molar-refractivity contribution in [1.29, 1.82) is 0 Å². The van der Waals surface area contributed by atoms with E-state index in [2.05, 4.69) is 47.4 Å². The standard InChI is InChI=1S/C13H16N2/c1-15-7-6-10(9-15)12-8-14-13-5-3-2-4-11(12)13/h2-5,8,10,14H,6-7,9H2,1H3/t10-/m0/s1. The topological polar surface area (TPSA) is 19.0 Å². The number of para-hydroxylation sites is 1. The molecule has 3 rings (SSSR count). The average Bonchev–Trinajstić information content (AvgIpc) is 2.83. The quantitative estimate of drug-likeness (QED) is 0.749. The summed E-state index contributed by atoms with van der Waals surface area (Å²) in [5.41, 5.74) is 2.76. The summed E-state index contributed by atoms with van der Waals surface area (Å²) in [6.45, 7) is 2.42. The highest BCUT2D eigenvalue weighted by Crippen LogP contribution is 2.31. The monoisotopic (exact) mass is 200 g/mol. The predicted octanol–water partition coefficient (Wildman–Crippen LogP) is 2.59. The molecule has 1 saturated heterocycles. The van der Waals surface area contributed by atoms with Crippen LogP contribution in [0.4, 0.5) is 0 Å². The summed E-state index contributed by atoms with van der Waals surface area (Å²) in [6.07, 6.45) is 3.48. The average molecular weight is 200 g/mol. The van der Waals surface area contributed by atoms with Gasteiger partial charge in [-0.3, -0.25) is 0 Å². The molecule has 0 aliphatic carbocycles. The van der Waals surface area contributed by atoms with Crippen molar-refractivity contribution in [3.05, 3.63) is 36.0 Å². The van der Waals surface area contributed by atoms with Crippen molar-refractivity contribution in [3.63, 3.8) is 0 Å². The molecule has 0 saturated carbocycles. The van der Waals surface area contributed by atoms with E-state index in [4.69, 9.17) is 0 Å². The van der Waals surface area contributed by atoms with Gasteiger partial charge in [0, 0.05) is 23.6 Å². The van der Waals surface area contributed by atoms with Crippen LogP contribution in [0.3, 0.4) is 0 Å². The van der Waals surface area contributed by atoms with Crippen molar-refractivity contribution in [2.75, 3.05) is 20.1 Å². The second-order valence-electron chi connectivity index (χ2n) is 4.54. The minimum absolute atomic E-state index is 0.714. The number of aromatic amines is 1. The van der Waals surface area contributed by atoms with Gasteiger partial charge in [0.25, 0.3) is 0 Å². The molecule has 0 amide bonds. The molecule has 1 fully saturated rings. The molecule has 78 valence electrons. The van der Waals surface area contributed by atoms with Gasteiger partial charge in [0.05, 0.1) is 0 Å². The number of fused-ring (bicyclic) bond motifs is 1. The second-order valence-corrected chi connectivity index (χ2v) is 4.54. The first-order chi connectivity index (χ1) is 7.34. The lowest BCUT2D eigenvalue weighted by Crippen LogP contribution is -2.13. The number of benzene rings is 1. The molecular formula is C13H16N2. The van der Waals surface area contributed by atoms with Crippen molar-refractivity contribution >= 4 is 10.9 Å². The van der Waals surface area contributed by atoms with E-state index in [1.807, 2.05) is 0 Å². The fourth-order valence-electron chi connectivity index (χ4n) is 2.62. The number of nitrogens with zero attached hydrogens (tertiary/aromatic N) is 1. The first-order valence-electron chi connectivity index (χ1n) is 5.59. The summed E-state index contributed by atoms with van der Waals surface area (Å²) in [5, 5.41) is 1.40. The highest BCUT2D eigenvalue weighted by molar-refractivity contribution is 5.83. The van der Waals surface area contributed by atoms with Gasteiger partial charge in [0.1, 0.15) is 0 Å². The molecule has 2 heterocycles. The summed E-state index contributed by atoms with van der Waals surface area (Å²) in [5.74, 6) is 0.714. The van der Waals surface area contributed by atoms with Gasteiger partial charge in [-0.2, -0.15) is 0 Å². The van der Waals surface area contributed by atoms with Crippen molar-refractivity contribution in [2.45, 2.75) is 12.3 Å². The highest BCUT2D eigenvalue weighted by Gasteiger charge is 2.23. The first-order valence-corrected chi connectivity index (χ1v) is 5.59. The molecule has 1 aliphatic rings. The van der Waals surface area contributed by atoms with E-state index in [0.29, 0.717) is 5.92 Å². The lowest BCUT2D eigenvalue weighted by Gasteiger charge is -2.09. The molecule has 0 radical (unpaired) electrons. The zero-order valence-corrected chi connectivity index (χ0v) is 9.03. The molecule has 0 bridgehead atoms. The Labute approximate surface area is 89.9 Å². The van der Waals surface area contributed by atoms with Gasteiger partial charge in [0.15, 0.2) is 0 Å². The number of hydrogen-bond acceptors (Lipinski definition) is 1. The minimum atomic E-state index is 0.714. The van der Waals surface area contributed by atoms with Crippen LogP contribution < -0.4 is 0 Å². The largest absolute Gasteiger partial charge is 0.361 e. The molecule has 2 nitrogen and oxygen atoms in total. The fourth-order valence-corrected chi connectivity index (χ4v) is 2.62. The summed E-state index contributed by atoms with van der Waals surface area (Å²) in [6, 6.07) is 8.58. The second kappa shape index (κ2) is 3.38. The third-order valence-electron chi connectivity index (χ3n) is 3.45. The number of rotatable bonds is 1. The Morgan fingerprint density at radius 1 is 1.33 bits per heavy atom. The fraction of sp³-hybridized carbons (Fsp3) is 0.385.